The highest BCUT2D eigenvalue weighted by molar-refractivity contribution is 5.96. The Balaban J connectivity index is 1.52. The Bertz CT molecular complexity index is 1190. The molecule has 0 spiro atoms. The third-order valence-electron chi connectivity index (χ3n) is 5.63. The maximum Gasteiger partial charge on any atom is 0.328 e. The van der Waals surface area contributed by atoms with Crippen molar-refractivity contribution in [3.8, 4) is 11.5 Å². The van der Waals surface area contributed by atoms with Crippen LogP contribution in [0.5, 0.6) is 11.5 Å². The van der Waals surface area contributed by atoms with E-state index in [1.165, 1.54) is 18.2 Å². The highest BCUT2D eigenvalue weighted by Crippen LogP contribution is 2.33. The number of aliphatic hydroxyl groups excluding tert-OH is 1. The van der Waals surface area contributed by atoms with E-state index in [-0.39, 0.29) is 12.4 Å². The molecule has 3 aromatic rings. The standard InChI is InChI=1S/C27H25FO6/c28-20-11-19(26-14-21(29)8-9-33-26)12-22(13-20)34-16-17-6-7-23(25(30)10-17)24(15-27(31)32)18-4-2-1-3-5-18/h1-7,10-13,15,21,26,29-30H,8-9,14,16H2,(H,31,32)/b24-15+. The monoisotopic (exact) mass is 464 g/mol. The van der Waals surface area contributed by atoms with Gasteiger partial charge in [0.25, 0.3) is 0 Å². The van der Waals surface area contributed by atoms with Crippen LogP contribution in [0, 0.1) is 5.82 Å². The molecule has 0 aliphatic carbocycles. The number of hydrogen-bond donors (Lipinski definition) is 3. The first-order valence-corrected chi connectivity index (χ1v) is 10.9. The lowest BCUT2D eigenvalue weighted by Crippen LogP contribution is -2.23. The van der Waals surface area contributed by atoms with Crippen LogP contribution in [0.15, 0.2) is 72.8 Å². The molecule has 1 saturated heterocycles. The Labute approximate surface area is 196 Å². The Morgan fingerprint density at radius 1 is 1.12 bits per heavy atom. The van der Waals surface area contributed by atoms with Crippen molar-refractivity contribution < 1.29 is 34.0 Å². The molecule has 1 heterocycles. The van der Waals surface area contributed by atoms with Gasteiger partial charge in [0.1, 0.15) is 23.9 Å². The molecule has 2 atom stereocenters. The number of carbonyl (C=O) groups is 1. The van der Waals surface area contributed by atoms with Crippen molar-refractivity contribution in [2.45, 2.75) is 31.7 Å². The first-order valence-electron chi connectivity index (χ1n) is 10.9. The minimum Gasteiger partial charge on any atom is -0.507 e. The number of aromatic hydroxyl groups is 1. The summed E-state index contributed by atoms with van der Waals surface area (Å²) in [4.78, 5) is 11.3. The fourth-order valence-electron chi connectivity index (χ4n) is 3.98. The molecule has 6 nitrogen and oxygen atoms in total. The molecular formula is C27H25FO6. The number of carboxylic acids is 1. The van der Waals surface area contributed by atoms with Gasteiger partial charge in [-0.2, -0.15) is 0 Å². The number of hydrogen-bond acceptors (Lipinski definition) is 5. The van der Waals surface area contributed by atoms with Crippen molar-refractivity contribution in [3.05, 3.63) is 101 Å². The second-order valence-corrected chi connectivity index (χ2v) is 8.16. The van der Waals surface area contributed by atoms with Crippen LogP contribution in [-0.2, 0) is 16.1 Å². The van der Waals surface area contributed by atoms with Crippen LogP contribution in [0.4, 0.5) is 4.39 Å². The highest BCUT2D eigenvalue weighted by atomic mass is 19.1. The summed E-state index contributed by atoms with van der Waals surface area (Å²) in [7, 11) is 0. The maximum atomic E-state index is 14.2. The van der Waals surface area contributed by atoms with Crippen molar-refractivity contribution in [1.29, 1.82) is 0 Å². The number of ether oxygens (including phenoxy) is 2. The molecule has 0 saturated carbocycles. The Kier molecular flexibility index (Phi) is 7.25. The second-order valence-electron chi connectivity index (χ2n) is 8.16. The van der Waals surface area contributed by atoms with E-state index in [4.69, 9.17) is 9.47 Å². The van der Waals surface area contributed by atoms with Gasteiger partial charge in [-0.25, -0.2) is 9.18 Å². The predicted molar refractivity (Wildman–Crippen MR) is 124 cm³/mol. The average Bonchev–Trinajstić information content (AvgIpc) is 2.82. The lowest BCUT2D eigenvalue weighted by atomic mass is 9.96. The maximum absolute atomic E-state index is 14.2. The molecule has 1 aliphatic heterocycles. The van der Waals surface area contributed by atoms with E-state index in [0.717, 1.165) is 6.08 Å². The van der Waals surface area contributed by atoms with Gasteiger partial charge in [-0.3, -0.25) is 0 Å². The van der Waals surface area contributed by atoms with Gasteiger partial charge in [-0.15, -0.1) is 0 Å². The minimum atomic E-state index is -1.12. The molecule has 0 amide bonds. The van der Waals surface area contributed by atoms with E-state index < -0.39 is 24.0 Å². The fraction of sp³-hybridized carbons (Fsp3) is 0.222. The predicted octanol–water partition coefficient (Wildman–Crippen LogP) is 4.84. The topological polar surface area (TPSA) is 96.2 Å². The molecule has 0 radical (unpaired) electrons. The number of aliphatic hydroxyl groups is 1. The first kappa shape index (κ1) is 23.5. The van der Waals surface area contributed by atoms with Crippen molar-refractivity contribution in [2.75, 3.05) is 6.61 Å². The fourth-order valence-corrected chi connectivity index (χ4v) is 3.98. The molecule has 0 aromatic heterocycles. The lowest BCUT2D eigenvalue weighted by molar-refractivity contribution is -0.131. The molecule has 176 valence electrons. The average molecular weight is 464 g/mol. The number of halogens is 1. The SMILES string of the molecule is O=C(O)/C=C(\c1ccccc1)c1ccc(COc2cc(F)cc(C3CC(O)CCO3)c2)cc1O. The molecule has 3 aromatic carbocycles. The summed E-state index contributed by atoms with van der Waals surface area (Å²) >= 11 is 0. The van der Waals surface area contributed by atoms with Crippen LogP contribution in [-0.4, -0.2) is 34.0 Å². The third kappa shape index (κ3) is 5.81. The molecule has 7 heteroatoms. The van der Waals surface area contributed by atoms with Crippen LogP contribution < -0.4 is 4.74 Å². The molecule has 34 heavy (non-hydrogen) atoms. The summed E-state index contributed by atoms with van der Waals surface area (Å²) in [6.07, 6.45) is 1.12. The van der Waals surface area contributed by atoms with Crippen molar-refractivity contribution >= 4 is 11.5 Å². The van der Waals surface area contributed by atoms with E-state index in [0.29, 0.717) is 53.0 Å². The number of carboxylic acid groups (broad SMARTS) is 1. The summed E-state index contributed by atoms with van der Waals surface area (Å²) in [5.74, 6) is -1.39. The van der Waals surface area contributed by atoms with Gasteiger partial charge in [-0.05, 0) is 46.9 Å². The van der Waals surface area contributed by atoms with E-state index in [2.05, 4.69) is 0 Å². The summed E-state index contributed by atoms with van der Waals surface area (Å²) in [5, 5.41) is 29.8. The Morgan fingerprint density at radius 3 is 2.62 bits per heavy atom. The number of benzene rings is 3. The van der Waals surface area contributed by atoms with Gasteiger partial charge in [0, 0.05) is 30.7 Å². The largest absolute Gasteiger partial charge is 0.507 e. The zero-order valence-electron chi connectivity index (χ0n) is 18.4. The van der Waals surface area contributed by atoms with Gasteiger partial charge < -0.3 is 24.8 Å². The van der Waals surface area contributed by atoms with Gasteiger partial charge in [0.15, 0.2) is 0 Å². The quantitative estimate of drug-likeness (QED) is 0.433. The second kappa shape index (κ2) is 10.5. The Hall–Kier alpha value is -3.68. The molecule has 4 rings (SSSR count). The third-order valence-corrected chi connectivity index (χ3v) is 5.63. The molecule has 0 bridgehead atoms. The lowest BCUT2D eigenvalue weighted by Gasteiger charge is -2.27. The van der Waals surface area contributed by atoms with Crippen LogP contribution in [0.2, 0.25) is 0 Å². The molecular weight excluding hydrogens is 439 g/mol. The van der Waals surface area contributed by atoms with Crippen LogP contribution >= 0.6 is 0 Å². The van der Waals surface area contributed by atoms with Crippen molar-refractivity contribution in [3.63, 3.8) is 0 Å². The van der Waals surface area contributed by atoms with Gasteiger partial charge >= 0.3 is 5.97 Å². The minimum absolute atomic E-state index is 0.0637. The van der Waals surface area contributed by atoms with Gasteiger partial charge in [0.05, 0.1) is 12.2 Å². The van der Waals surface area contributed by atoms with Crippen molar-refractivity contribution in [2.24, 2.45) is 0 Å². The zero-order chi connectivity index (χ0) is 24.1. The van der Waals surface area contributed by atoms with Crippen LogP contribution in [0.1, 0.15) is 41.2 Å². The van der Waals surface area contributed by atoms with Crippen LogP contribution in [0.25, 0.3) is 5.57 Å². The number of phenols is 1. The van der Waals surface area contributed by atoms with Crippen LogP contribution in [0.3, 0.4) is 0 Å². The zero-order valence-corrected chi connectivity index (χ0v) is 18.4. The number of phenolic OH excluding ortho intramolecular Hbond substituents is 1. The summed E-state index contributed by atoms with van der Waals surface area (Å²) in [5.41, 5.74) is 2.63. The molecule has 2 unspecified atom stereocenters. The van der Waals surface area contributed by atoms with E-state index in [9.17, 15) is 24.5 Å². The number of rotatable bonds is 7. The van der Waals surface area contributed by atoms with Gasteiger partial charge in [-0.1, -0.05) is 42.5 Å². The molecule has 1 aliphatic rings. The highest BCUT2D eigenvalue weighted by Gasteiger charge is 2.23. The smallest absolute Gasteiger partial charge is 0.328 e. The van der Waals surface area contributed by atoms with Gasteiger partial charge in [0.2, 0.25) is 0 Å². The Morgan fingerprint density at radius 2 is 1.91 bits per heavy atom. The van der Waals surface area contributed by atoms with Crippen molar-refractivity contribution in [1.82, 2.24) is 0 Å². The number of aliphatic carboxylic acids is 1. The first-order chi connectivity index (χ1) is 16.4. The van der Waals surface area contributed by atoms with E-state index >= 15 is 0 Å². The normalized spacial score (nSPS) is 18.5. The summed E-state index contributed by atoms with van der Waals surface area (Å²) in [6.45, 7) is 0.472. The summed E-state index contributed by atoms with van der Waals surface area (Å²) in [6, 6.07) is 18.1. The molecule has 3 N–H and O–H groups in total. The molecule has 1 fully saturated rings. The summed E-state index contributed by atoms with van der Waals surface area (Å²) < 4.78 is 25.6. The van der Waals surface area contributed by atoms with E-state index in [1.807, 2.05) is 6.07 Å². The van der Waals surface area contributed by atoms with E-state index in [1.54, 1.807) is 42.5 Å².